The van der Waals surface area contributed by atoms with E-state index in [2.05, 4.69) is 4.98 Å². The molecule has 0 aliphatic carbocycles. The number of carboxylic acids is 1. The van der Waals surface area contributed by atoms with Crippen LogP contribution in [0.4, 0.5) is 0 Å². The number of hydrogen-bond acceptors (Lipinski definition) is 3. The largest absolute Gasteiger partial charge is 0.477 e. The molecular formula is C20H21N3O3. The van der Waals surface area contributed by atoms with Gasteiger partial charge in [-0.05, 0) is 37.5 Å². The van der Waals surface area contributed by atoms with Crippen molar-refractivity contribution in [2.24, 2.45) is 0 Å². The van der Waals surface area contributed by atoms with Crippen molar-refractivity contribution in [2.45, 2.75) is 32.9 Å². The van der Waals surface area contributed by atoms with Crippen LogP contribution in [-0.4, -0.2) is 25.2 Å². The van der Waals surface area contributed by atoms with Gasteiger partial charge in [-0.2, -0.15) is 0 Å². The van der Waals surface area contributed by atoms with Gasteiger partial charge in [0.25, 0.3) is 5.56 Å². The number of imidazole rings is 1. The van der Waals surface area contributed by atoms with Gasteiger partial charge in [0.1, 0.15) is 11.4 Å². The van der Waals surface area contributed by atoms with Crippen LogP contribution >= 0.6 is 0 Å². The van der Waals surface area contributed by atoms with Crippen molar-refractivity contribution in [3.05, 3.63) is 87.9 Å². The Kier molecular flexibility index (Phi) is 5.02. The highest BCUT2D eigenvalue weighted by Crippen LogP contribution is 2.22. The fourth-order valence-electron chi connectivity index (χ4n) is 3.19. The molecule has 0 saturated heterocycles. The van der Waals surface area contributed by atoms with E-state index < -0.39 is 11.5 Å². The van der Waals surface area contributed by atoms with Crippen LogP contribution in [0.2, 0.25) is 0 Å². The lowest BCUT2D eigenvalue weighted by Gasteiger charge is -2.22. The van der Waals surface area contributed by atoms with E-state index in [9.17, 15) is 14.7 Å². The molecule has 3 aromatic rings. The summed E-state index contributed by atoms with van der Waals surface area (Å²) in [6, 6.07) is 11.1. The average molecular weight is 351 g/mol. The second kappa shape index (κ2) is 7.39. The molecule has 1 atom stereocenters. The zero-order chi connectivity index (χ0) is 18.7. The SMILES string of the molecule is Cc1ccn(C(CCn2ccnc2C)c2ccccc2)c(=O)c1C(=O)O. The molecule has 6 heteroatoms. The number of benzene rings is 1. The van der Waals surface area contributed by atoms with Crippen molar-refractivity contribution < 1.29 is 9.90 Å². The summed E-state index contributed by atoms with van der Waals surface area (Å²) in [5.41, 5.74) is 0.782. The van der Waals surface area contributed by atoms with Crippen molar-refractivity contribution >= 4 is 5.97 Å². The lowest BCUT2D eigenvalue weighted by molar-refractivity contribution is 0.0693. The highest BCUT2D eigenvalue weighted by Gasteiger charge is 2.20. The molecule has 2 aromatic heterocycles. The summed E-state index contributed by atoms with van der Waals surface area (Å²) in [6.07, 6.45) is 5.97. The molecule has 0 amide bonds. The van der Waals surface area contributed by atoms with E-state index in [0.29, 0.717) is 18.5 Å². The minimum absolute atomic E-state index is 0.174. The summed E-state index contributed by atoms with van der Waals surface area (Å²) in [5.74, 6) is -0.293. The first-order chi connectivity index (χ1) is 12.5. The van der Waals surface area contributed by atoms with Crippen LogP contribution < -0.4 is 5.56 Å². The summed E-state index contributed by atoms with van der Waals surface area (Å²) in [5, 5.41) is 9.41. The molecule has 0 fully saturated rings. The molecule has 0 radical (unpaired) electrons. The van der Waals surface area contributed by atoms with Gasteiger partial charge >= 0.3 is 5.97 Å². The molecule has 26 heavy (non-hydrogen) atoms. The Morgan fingerprint density at radius 3 is 2.50 bits per heavy atom. The van der Waals surface area contributed by atoms with Crippen LogP contribution in [0, 0.1) is 13.8 Å². The third-order valence-electron chi connectivity index (χ3n) is 4.63. The van der Waals surface area contributed by atoms with Crippen molar-refractivity contribution in [1.29, 1.82) is 0 Å². The topological polar surface area (TPSA) is 77.1 Å². The molecule has 1 N–H and O–H groups in total. The molecule has 0 aliphatic rings. The van der Waals surface area contributed by atoms with Crippen LogP contribution in [0.3, 0.4) is 0 Å². The van der Waals surface area contributed by atoms with Crippen molar-refractivity contribution in [1.82, 2.24) is 14.1 Å². The molecular weight excluding hydrogens is 330 g/mol. The Labute approximate surface area is 151 Å². The minimum atomic E-state index is -1.20. The smallest absolute Gasteiger partial charge is 0.341 e. The molecule has 0 bridgehead atoms. The van der Waals surface area contributed by atoms with E-state index in [1.807, 2.05) is 48.0 Å². The maximum atomic E-state index is 12.8. The van der Waals surface area contributed by atoms with Gasteiger partial charge in [0.05, 0.1) is 6.04 Å². The first kappa shape index (κ1) is 17.7. The fourth-order valence-corrected chi connectivity index (χ4v) is 3.19. The molecule has 134 valence electrons. The summed E-state index contributed by atoms with van der Waals surface area (Å²) in [7, 11) is 0. The molecule has 3 rings (SSSR count). The molecule has 1 aromatic carbocycles. The molecule has 6 nitrogen and oxygen atoms in total. The fraction of sp³-hybridized carbons (Fsp3) is 0.250. The van der Waals surface area contributed by atoms with E-state index in [-0.39, 0.29) is 11.6 Å². The van der Waals surface area contributed by atoms with Gasteiger partial charge in [0.15, 0.2) is 0 Å². The van der Waals surface area contributed by atoms with Crippen LogP contribution in [0.1, 0.15) is 39.8 Å². The van der Waals surface area contributed by atoms with E-state index in [4.69, 9.17) is 0 Å². The van der Waals surface area contributed by atoms with Crippen LogP contribution in [0.15, 0.2) is 59.8 Å². The van der Waals surface area contributed by atoms with Gasteiger partial charge < -0.3 is 14.2 Å². The first-order valence-electron chi connectivity index (χ1n) is 8.46. The number of carboxylic acid groups (broad SMARTS) is 1. The molecule has 1 unspecified atom stereocenters. The number of hydrogen-bond donors (Lipinski definition) is 1. The highest BCUT2D eigenvalue weighted by atomic mass is 16.4. The zero-order valence-electron chi connectivity index (χ0n) is 14.8. The minimum Gasteiger partial charge on any atom is -0.477 e. The number of nitrogens with zero attached hydrogens (tertiary/aromatic N) is 3. The van der Waals surface area contributed by atoms with Gasteiger partial charge in [-0.25, -0.2) is 9.78 Å². The number of rotatable bonds is 6. The monoisotopic (exact) mass is 351 g/mol. The van der Waals surface area contributed by atoms with E-state index in [1.54, 1.807) is 25.4 Å². The van der Waals surface area contributed by atoms with Crippen molar-refractivity contribution in [3.63, 3.8) is 0 Å². The normalized spacial score (nSPS) is 12.1. The van der Waals surface area contributed by atoms with Gasteiger partial charge in [-0.15, -0.1) is 0 Å². The maximum Gasteiger partial charge on any atom is 0.341 e. The van der Waals surface area contributed by atoms with Crippen LogP contribution in [0.25, 0.3) is 0 Å². The number of carbonyl (C=O) groups is 1. The second-order valence-electron chi connectivity index (χ2n) is 6.27. The number of aromatic carboxylic acids is 1. The van der Waals surface area contributed by atoms with Crippen LogP contribution in [-0.2, 0) is 6.54 Å². The van der Waals surface area contributed by atoms with Gasteiger partial charge in [0, 0.05) is 25.1 Å². The predicted molar refractivity (Wildman–Crippen MR) is 98.6 cm³/mol. The second-order valence-corrected chi connectivity index (χ2v) is 6.27. The van der Waals surface area contributed by atoms with Gasteiger partial charge in [-0.3, -0.25) is 4.79 Å². The lowest BCUT2D eigenvalue weighted by Crippen LogP contribution is -2.31. The molecule has 0 aliphatic heterocycles. The van der Waals surface area contributed by atoms with Gasteiger partial charge in [0.2, 0.25) is 0 Å². The molecule has 0 saturated carbocycles. The number of aromatic nitrogens is 3. The lowest BCUT2D eigenvalue weighted by atomic mass is 10.0. The maximum absolute atomic E-state index is 12.8. The Hall–Kier alpha value is -3.15. The quantitative estimate of drug-likeness (QED) is 0.740. The van der Waals surface area contributed by atoms with Gasteiger partial charge in [-0.1, -0.05) is 30.3 Å². The van der Waals surface area contributed by atoms with Crippen LogP contribution in [0.5, 0.6) is 0 Å². The molecule has 2 heterocycles. The predicted octanol–water partition coefficient (Wildman–Crippen LogP) is 3.04. The summed E-state index contributed by atoms with van der Waals surface area (Å²) in [4.78, 5) is 28.6. The third kappa shape index (κ3) is 3.44. The zero-order valence-corrected chi connectivity index (χ0v) is 14.8. The summed E-state index contributed by atoms with van der Waals surface area (Å²) >= 11 is 0. The Bertz CT molecular complexity index is 973. The Morgan fingerprint density at radius 1 is 1.15 bits per heavy atom. The standard InChI is InChI=1S/C20H21N3O3/c1-14-8-12-23(19(24)18(14)20(25)26)17(16-6-4-3-5-7-16)9-11-22-13-10-21-15(22)2/h3-8,10,12-13,17H,9,11H2,1-2H3,(H,25,26). The van der Waals surface area contributed by atoms with Crippen molar-refractivity contribution in [2.75, 3.05) is 0 Å². The summed E-state index contributed by atoms with van der Waals surface area (Å²) in [6.45, 7) is 4.24. The van der Waals surface area contributed by atoms with Crippen molar-refractivity contribution in [3.8, 4) is 0 Å². The number of aryl methyl sites for hydroxylation is 3. The number of pyridine rings is 1. The third-order valence-corrected chi connectivity index (χ3v) is 4.63. The van der Waals surface area contributed by atoms with E-state index in [1.165, 1.54) is 4.57 Å². The highest BCUT2D eigenvalue weighted by molar-refractivity contribution is 5.88. The van der Waals surface area contributed by atoms with E-state index in [0.717, 1.165) is 11.4 Å². The average Bonchev–Trinajstić information content (AvgIpc) is 3.02. The molecule has 0 spiro atoms. The first-order valence-corrected chi connectivity index (χ1v) is 8.46. The summed E-state index contributed by atoms with van der Waals surface area (Å²) < 4.78 is 3.55. The van der Waals surface area contributed by atoms with E-state index >= 15 is 0 Å². The Balaban J connectivity index is 2.04. The Morgan fingerprint density at radius 2 is 1.88 bits per heavy atom.